The molecular weight excluding hydrogens is 282 g/mol. The molecule has 0 aromatic heterocycles. The second-order valence-electron chi connectivity index (χ2n) is 3.34. The molecule has 0 saturated carbocycles. The van der Waals surface area contributed by atoms with Crippen molar-refractivity contribution in [3.63, 3.8) is 0 Å². The van der Waals surface area contributed by atoms with E-state index >= 15 is 0 Å². The second-order valence-corrected chi connectivity index (χ2v) is 5.15. The topological polar surface area (TPSA) is 55.4 Å². The summed E-state index contributed by atoms with van der Waals surface area (Å²) in [6, 6.07) is 3.61. The number of halogens is 1. The average molecular weight is 294 g/mol. The van der Waals surface area contributed by atoms with E-state index in [0.29, 0.717) is 11.1 Å². The standard InChI is InChI=1S/C9H12BrNO3S/c1-6-4-7(2)9(8(3)5-6)15(12,13)14-11-10/h4-5,11H,1-3H3. The molecule has 0 aliphatic rings. The molecule has 0 atom stereocenters. The van der Waals surface area contributed by atoms with Crippen LogP contribution in [0.25, 0.3) is 0 Å². The minimum Gasteiger partial charge on any atom is -0.192 e. The molecule has 0 spiro atoms. The summed E-state index contributed by atoms with van der Waals surface area (Å²) in [5.74, 6) is 0. The Labute approximate surface area is 98.1 Å². The summed E-state index contributed by atoms with van der Waals surface area (Å²) in [6.07, 6.45) is 0. The van der Waals surface area contributed by atoms with E-state index < -0.39 is 10.1 Å². The first kappa shape index (κ1) is 12.6. The Balaban J connectivity index is 3.38. The first-order chi connectivity index (χ1) is 6.88. The van der Waals surface area contributed by atoms with Crippen LogP contribution in [-0.2, 0) is 14.4 Å². The lowest BCUT2D eigenvalue weighted by Gasteiger charge is -2.10. The van der Waals surface area contributed by atoms with Gasteiger partial charge in [0.15, 0.2) is 0 Å². The van der Waals surface area contributed by atoms with Crippen LogP contribution in [0.15, 0.2) is 17.0 Å². The molecule has 0 aliphatic carbocycles. The second kappa shape index (κ2) is 4.61. The number of aryl methyl sites for hydroxylation is 3. The zero-order chi connectivity index (χ0) is 11.6. The fourth-order valence-corrected chi connectivity index (χ4v) is 3.24. The lowest BCUT2D eigenvalue weighted by Crippen LogP contribution is -2.14. The van der Waals surface area contributed by atoms with Crippen molar-refractivity contribution in [2.45, 2.75) is 25.7 Å². The largest absolute Gasteiger partial charge is 0.314 e. The van der Waals surface area contributed by atoms with Crippen LogP contribution in [0, 0.1) is 20.8 Å². The molecule has 0 bridgehead atoms. The zero-order valence-electron chi connectivity index (χ0n) is 8.67. The van der Waals surface area contributed by atoms with Gasteiger partial charge in [0.1, 0.15) is 4.90 Å². The van der Waals surface area contributed by atoms with Gasteiger partial charge in [0, 0.05) is 16.1 Å². The van der Waals surface area contributed by atoms with Gasteiger partial charge in [-0.25, -0.2) is 0 Å². The minimum absolute atomic E-state index is 0.208. The highest BCUT2D eigenvalue weighted by Gasteiger charge is 2.20. The Kier molecular flexibility index (Phi) is 3.88. The van der Waals surface area contributed by atoms with Crippen molar-refractivity contribution in [3.05, 3.63) is 28.8 Å². The van der Waals surface area contributed by atoms with Gasteiger partial charge in [-0.05, 0) is 31.9 Å². The summed E-state index contributed by atoms with van der Waals surface area (Å²) in [4.78, 5) is 0.208. The molecule has 4 nitrogen and oxygen atoms in total. The number of rotatable bonds is 3. The Morgan fingerprint density at radius 1 is 1.20 bits per heavy atom. The molecule has 6 heteroatoms. The lowest BCUT2D eigenvalue weighted by atomic mass is 10.1. The van der Waals surface area contributed by atoms with E-state index in [2.05, 4.69) is 20.4 Å². The van der Waals surface area contributed by atoms with Gasteiger partial charge in [0.2, 0.25) is 0 Å². The Morgan fingerprint density at radius 3 is 2.07 bits per heavy atom. The van der Waals surface area contributed by atoms with Crippen molar-refractivity contribution in [2.24, 2.45) is 0 Å². The highest BCUT2D eigenvalue weighted by atomic mass is 79.9. The molecule has 15 heavy (non-hydrogen) atoms. The van der Waals surface area contributed by atoms with Gasteiger partial charge in [0.05, 0.1) is 0 Å². The van der Waals surface area contributed by atoms with Gasteiger partial charge in [-0.15, -0.1) is 4.51 Å². The van der Waals surface area contributed by atoms with Gasteiger partial charge in [0.25, 0.3) is 0 Å². The van der Waals surface area contributed by atoms with E-state index in [0.717, 1.165) is 5.56 Å². The fraction of sp³-hybridized carbons (Fsp3) is 0.333. The summed E-state index contributed by atoms with van der Waals surface area (Å²) in [5, 5.41) is 0. The summed E-state index contributed by atoms with van der Waals surface area (Å²) in [6.45, 7) is 5.40. The predicted octanol–water partition coefficient (Wildman–Crippen LogP) is 2.13. The molecule has 1 rings (SSSR count). The number of benzene rings is 1. The molecule has 0 saturated heterocycles. The third-order valence-electron chi connectivity index (χ3n) is 2.00. The molecule has 84 valence electrons. The molecule has 1 aromatic carbocycles. The van der Waals surface area contributed by atoms with Crippen LogP contribution in [0.5, 0.6) is 0 Å². The zero-order valence-corrected chi connectivity index (χ0v) is 11.1. The molecule has 0 heterocycles. The first-order valence-corrected chi connectivity index (χ1v) is 6.45. The van der Waals surface area contributed by atoms with Gasteiger partial charge in [-0.3, -0.25) is 0 Å². The first-order valence-electron chi connectivity index (χ1n) is 4.25. The van der Waals surface area contributed by atoms with Crippen LogP contribution in [0.4, 0.5) is 0 Å². The molecule has 0 amide bonds. The van der Waals surface area contributed by atoms with Crippen LogP contribution in [0.3, 0.4) is 0 Å². The normalized spacial score (nSPS) is 11.7. The van der Waals surface area contributed by atoms with Crippen molar-refractivity contribution >= 4 is 26.3 Å². The monoisotopic (exact) mass is 293 g/mol. The van der Waals surface area contributed by atoms with Crippen LogP contribution >= 0.6 is 16.1 Å². The Morgan fingerprint density at radius 2 is 1.67 bits per heavy atom. The van der Waals surface area contributed by atoms with E-state index in [-0.39, 0.29) is 4.90 Å². The van der Waals surface area contributed by atoms with E-state index in [1.54, 1.807) is 26.0 Å². The molecule has 0 aliphatic heterocycles. The van der Waals surface area contributed by atoms with Crippen molar-refractivity contribution in [1.82, 2.24) is 4.51 Å². The molecule has 0 radical (unpaired) electrons. The van der Waals surface area contributed by atoms with E-state index in [9.17, 15) is 8.42 Å². The Bertz CT molecular complexity index is 447. The van der Waals surface area contributed by atoms with E-state index in [1.807, 2.05) is 11.4 Å². The highest BCUT2D eigenvalue weighted by Crippen LogP contribution is 2.22. The van der Waals surface area contributed by atoms with Crippen molar-refractivity contribution in [3.8, 4) is 0 Å². The van der Waals surface area contributed by atoms with Crippen LogP contribution in [-0.4, -0.2) is 8.42 Å². The summed E-state index contributed by atoms with van der Waals surface area (Å²) >= 11 is 2.69. The van der Waals surface area contributed by atoms with E-state index in [4.69, 9.17) is 0 Å². The van der Waals surface area contributed by atoms with Gasteiger partial charge >= 0.3 is 10.1 Å². The summed E-state index contributed by atoms with van der Waals surface area (Å²) in [7, 11) is -3.75. The minimum atomic E-state index is -3.75. The smallest absolute Gasteiger partial charge is 0.192 e. The van der Waals surface area contributed by atoms with Crippen LogP contribution < -0.4 is 4.51 Å². The molecule has 0 unspecified atom stereocenters. The third kappa shape index (κ3) is 2.78. The maximum absolute atomic E-state index is 11.7. The quantitative estimate of drug-likeness (QED) is 0.685. The number of hydrogen-bond acceptors (Lipinski definition) is 4. The summed E-state index contributed by atoms with van der Waals surface area (Å²) < 4.78 is 29.8. The maximum atomic E-state index is 11.7. The van der Waals surface area contributed by atoms with Gasteiger partial charge < -0.3 is 0 Å². The number of hydrogen-bond donors (Lipinski definition) is 1. The maximum Gasteiger partial charge on any atom is 0.314 e. The number of nitrogens with one attached hydrogen (secondary N) is 1. The van der Waals surface area contributed by atoms with E-state index in [1.165, 1.54) is 0 Å². The van der Waals surface area contributed by atoms with Gasteiger partial charge in [-0.2, -0.15) is 12.7 Å². The van der Waals surface area contributed by atoms with Crippen molar-refractivity contribution < 1.29 is 12.7 Å². The van der Waals surface area contributed by atoms with Gasteiger partial charge in [-0.1, -0.05) is 17.7 Å². The molecule has 1 N–H and O–H groups in total. The van der Waals surface area contributed by atoms with Crippen molar-refractivity contribution in [2.75, 3.05) is 0 Å². The molecule has 1 aromatic rings. The fourth-order valence-electron chi connectivity index (χ4n) is 1.64. The van der Waals surface area contributed by atoms with Crippen LogP contribution in [0.2, 0.25) is 0 Å². The summed E-state index contributed by atoms with van der Waals surface area (Å²) in [5.41, 5.74) is 2.38. The Hall–Kier alpha value is -0.430. The SMILES string of the molecule is Cc1cc(C)c(S(=O)(=O)ONBr)c(C)c1. The third-order valence-corrected chi connectivity index (χ3v) is 3.82. The molecular formula is C9H12BrNO3S. The highest BCUT2D eigenvalue weighted by molar-refractivity contribution is 9.07. The van der Waals surface area contributed by atoms with Crippen molar-refractivity contribution in [1.29, 1.82) is 0 Å². The van der Waals surface area contributed by atoms with Crippen LogP contribution in [0.1, 0.15) is 16.7 Å². The lowest BCUT2D eigenvalue weighted by molar-refractivity contribution is 0.295. The average Bonchev–Trinajstić information content (AvgIpc) is 1.99. The molecule has 0 fully saturated rings. The predicted molar refractivity (Wildman–Crippen MR) is 61.0 cm³/mol.